The average Bonchev–Trinajstić information content (AvgIpc) is 3.15. The minimum absolute atomic E-state index is 0.128. The van der Waals surface area contributed by atoms with Crippen LogP contribution in [0, 0.1) is 12.1 Å². The molecule has 140 valence electrons. The van der Waals surface area contributed by atoms with Crippen molar-refractivity contribution in [1.29, 1.82) is 0 Å². The summed E-state index contributed by atoms with van der Waals surface area (Å²) in [4.78, 5) is 16.9. The lowest BCUT2D eigenvalue weighted by atomic mass is 10.2. The van der Waals surface area contributed by atoms with E-state index in [0.717, 1.165) is 27.0 Å². The minimum atomic E-state index is -0.387. The third-order valence-corrected chi connectivity index (χ3v) is 4.68. The molecule has 6 heteroatoms. The summed E-state index contributed by atoms with van der Waals surface area (Å²) in [5, 5.41) is 16.2. The van der Waals surface area contributed by atoms with E-state index in [1.54, 1.807) is 31.2 Å². The maximum atomic E-state index is 12.5. The number of nitrogens with one attached hydrogen (secondary N) is 1. The van der Waals surface area contributed by atoms with Crippen LogP contribution in [0.15, 0.2) is 65.1 Å². The summed E-state index contributed by atoms with van der Waals surface area (Å²) in [7, 11) is 0. The first kappa shape index (κ1) is 17.7. The van der Waals surface area contributed by atoms with E-state index in [1.807, 2.05) is 43.3 Å². The van der Waals surface area contributed by atoms with Gasteiger partial charge in [-0.1, -0.05) is 36.4 Å². The zero-order valence-electron chi connectivity index (χ0n) is 15.6. The van der Waals surface area contributed by atoms with Gasteiger partial charge in [0.2, 0.25) is 11.2 Å². The van der Waals surface area contributed by atoms with Crippen molar-refractivity contribution in [3.63, 3.8) is 0 Å². The van der Waals surface area contributed by atoms with Crippen molar-refractivity contribution >= 4 is 33.5 Å². The smallest absolute Gasteiger partial charge is 0.276 e. The van der Waals surface area contributed by atoms with E-state index in [-0.39, 0.29) is 17.3 Å². The van der Waals surface area contributed by atoms with Crippen LogP contribution in [0.3, 0.4) is 0 Å². The Kier molecular flexibility index (Phi) is 4.53. The SMILES string of the molecule is C/C(=C/CNC(=O)c1nc2ccccc2[n+]([O-])c1C)c1cc2ccccc2o1. The number of fused-ring (bicyclic) bond motifs is 2. The van der Waals surface area contributed by atoms with Gasteiger partial charge in [0.25, 0.3) is 5.91 Å². The fourth-order valence-electron chi connectivity index (χ4n) is 3.08. The predicted molar refractivity (Wildman–Crippen MR) is 108 cm³/mol. The van der Waals surface area contributed by atoms with Crippen LogP contribution in [0.5, 0.6) is 0 Å². The number of nitrogens with zero attached hydrogens (tertiary/aromatic N) is 2. The lowest BCUT2D eigenvalue weighted by molar-refractivity contribution is -0.584. The second-order valence-electron chi connectivity index (χ2n) is 6.57. The first-order chi connectivity index (χ1) is 13.5. The number of para-hydroxylation sites is 3. The van der Waals surface area contributed by atoms with Crippen LogP contribution < -0.4 is 10.0 Å². The van der Waals surface area contributed by atoms with Crippen molar-refractivity contribution in [2.24, 2.45) is 0 Å². The quantitative estimate of drug-likeness (QED) is 0.436. The van der Waals surface area contributed by atoms with Crippen molar-refractivity contribution < 1.29 is 13.9 Å². The summed E-state index contributed by atoms with van der Waals surface area (Å²) in [6.07, 6.45) is 1.87. The monoisotopic (exact) mass is 373 g/mol. The first-order valence-electron chi connectivity index (χ1n) is 8.97. The molecule has 2 heterocycles. The molecule has 2 aromatic heterocycles. The molecule has 1 amide bonds. The molecule has 0 aliphatic heterocycles. The molecular formula is C22H19N3O3. The molecule has 4 rings (SSSR count). The number of benzene rings is 2. The molecule has 2 aromatic carbocycles. The number of rotatable bonds is 4. The van der Waals surface area contributed by atoms with Gasteiger partial charge in [-0.15, -0.1) is 0 Å². The van der Waals surface area contributed by atoms with Gasteiger partial charge >= 0.3 is 0 Å². The molecule has 0 atom stereocenters. The van der Waals surface area contributed by atoms with E-state index < -0.39 is 0 Å². The summed E-state index contributed by atoms with van der Waals surface area (Å²) in [5.41, 5.74) is 3.07. The van der Waals surface area contributed by atoms with Gasteiger partial charge in [-0.2, -0.15) is 4.73 Å². The Morgan fingerprint density at radius 3 is 2.79 bits per heavy atom. The summed E-state index contributed by atoms with van der Waals surface area (Å²) in [6, 6.07) is 16.7. The van der Waals surface area contributed by atoms with E-state index in [0.29, 0.717) is 17.6 Å². The molecule has 0 fully saturated rings. The molecule has 0 unspecified atom stereocenters. The molecule has 6 nitrogen and oxygen atoms in total. The van der Waals surface area contributed by atoms with Gasteiger partial charge in [0.1, 0.15) is 16.9 Å². The van der Waals surface area contributed by atoms with E-state index >= 15 is 0 Å². The number of hydrogen-bond donors (Lipinski definition) is 1. The summed E-state index contributed by atoms with van der Waals surface area (Å²) in [6.45, 7) is 3.82. The third-order valence-electron chi connectivity index (χ3n) is 4.68. The van der Waals surface area contributed by atoms with Crippen molar-refractivity contribution in [3.05, 3.63) is 83.0 Å². The number of furan rings is 1. The molecule has 0 aliphatic rings. The van der Waals surface area contributed by atoms with Gasteiger partial charge in [-0.05, 0) is 30.7 Å². The van der Waals surface area contributed by atoms with E-state index in [2.05, 4.69) is 10.3 Å². The normalized spacial score (nSPS) is 11.9. The van der Waals surface area contributed by atoms with Crippen LogP contribution >= 0.6 is 0 Å². The molecule has 1 N–H and O–H groups in total. The topological polar surface area (TPSA) is 82.1 Å². The van der Waals surface area contributed by atoms with Crippen molar-refractivity contribution in [2.45, 2.75) is 13.8 Å². The number of hydrogen-bond acceptors (Lipinski definition) is 4. The Morgan fingerprint density at radius 2 is 1.96 bits per heavy atom. The average molecular weight is 373 g/mol. The Labute approximate surface area is 161 Å². The Morgan fingerprint density at radius 1 is 1.21 bits per heavy atom. The largest absolute Gasteiger partial charge is 0.618 e. The second-order valence-corrected chi connectivity index (χ2v) is 6.57. The van der Waals surface area contributed by atoms with Crippen molar-refractivity contribution in [1.82, 2.24) is 10.3 Å². The molecule has 28 heavy (non-hydrogen) atoms. The molecule has 0 aliphatic carbocycles. The highest BCUT2D eigenvalue weighted by atomic mass is 16.5. The number of aromatic nitrogens is 2. The zero-order valence-corrected chi connectivity index (χ0v) is 15.6. The molecule has 4 aromatic rings. The molecule has 0 spiro atoms. The molecular weight excluding hydrogens is 354 g/mol. The van der Waals surface area contributed by atoms with E-state index in [4.69, 9.17) is 4.42 Å². The molecule has 0 saturated carbocycles. The van der Waals surface area contributed by atoms with E-state index in [9.17, 15) is 10.0 Å². The number of allylic oxidation sites excluding steroid dienone is 1. The van der Waals surface area contributed by atoms with Crippen molar-refractivity contribution in [2.75, 3.05) is 6.54 Å². The Hall–Kier alpha value is -3.67. The predicted octanol–water partition coefficient (Wildman–Crippen LogP) is 3.76. The Bertz CT molecular complexity index is 1190. The van der Waals surface area contributed by atoms with Crippen LogP contribution in [0.25, 0.3) is 27.6 Å². The van der Waals surface area contributed by atoms with Crippen LogP contribution in [-0.2, 0) is 0 Å². The summed E-state index contributed by atoms with van der Waals surface area (Å²) >= 11 is 0. The van der Waals surface area contributed by atoms with Crippen LogP contribution in [0.2, 0.25) is 0 Å². The second kappa shape index (κ2) is 7.15. The third kappa shape index (κ3) is 3.20. The standard InChI is InChI=1S/C22H19N3O3/c1-14(20-13-16-7-3-6-10-19(16)28-20)11-12-23-22(26)21-15(2)25(27)18-9-5-4-8-17(18)24-21/h3-11,13H,12H2,1-2H3,(H,23,26)/b14-11-. The van der Waals surface area contributed by atoms with Gasteiger partial charge in [0.15, 0.2) is 5.69 Å². The van der Waals surface area contributed by atoms with Crippen LogP contribution in [0.4, 0.5) is 0 Å². The molecule has 0 radical (unpaired) electrons. The number of amides is 1. The molecule has 0 bridgehead atoms. The fourth-order valence-corrected chi connectivity index (χ4v) is 3.08. The van der Waals surface area contributed by atoms with Crippen molar-refractivity contribution in [3.8, 4) is 0 Å². The van der Waals surface area contributed by atoms with Crippen LogP contribution in [0.1, 0.15) is 28.9 Å². The summed E-state index contributed by atoms with van der Waals surface area (Å²) in [5.74, 6) is 0.370. The highest BCUT2D eigenvalue weighted by Gasteiger charge is 2.20. The summed E-state index contributed by atoms with van der Waals surface area (Å²) < 4.78 is 6.56. The lowest BCUT2D eigenvalue weighted by Crippen LogP contribution is -2.37. The van der Waals surface area contributed by atoms with E-state index in [1.165, 1.54) is 0 Å². The minimum Gasteiger partial charge on any atom is -0.618 e. The Balaban J connectivity index is 1.52. The first-order valence-corrected chi connectivity index (χ1v) is 8.97. The highest BCUT2D eigenvalue weighted by Crippen LogP contribution is 2.23. The van der Waals surface area contributed by atoms with Gasteiger partial charge in [0, 0.05) is 24.9 Å². The van der Waals surface area contributed by atoms with Crippen LogP contribution in [-0.4, -0.2) is 17.4 Å². The number of carbonyl (C=O) groups excluding carboxylic acids is 1. The van der Waals surface area contributed by atoms with Gasteiger partial charge in [-0.25, -0.2) is 4.98 Å². The maximum absolute atomic E-state index is 12.5. The fraction of sp³-hybridized carbons (Fsp3) is 0.136. The number of carbonyl (C=O) groups is 1. The molecule has 0 saturated heterocycles. The van der Waals surface area contributed by atoms with Gasteiger partial charge in [-0.3, -0.25) is 4.79 Å². The maximum Gasteiger partial charge on any atom is 0.276 e. The lowest BCUT2D eigenvalue weighted by Gasteiger charge is -2.09. The van der Waals surface area contributed by atoms with Gasteiger partial charge in [0.05, 0.1) is 0 Å². The zero-order chi connectivity index (χ0) is 19.7. The highest BCUT2D eigenvalue weighted by molar-refractivity contribution is 5.94. The van der Waals surface area contributed by atoms with Gasteiger partial charge < -0.3 is 14.9 Å².